The highest BCUT2D eigenvalue weighted by atomic mass is 15.3. The summed E-state index contributed by atoms with van der Waals surface area (Å²) >= 11 is 0. The molecule has 0 amide bonds. The van der Waals surface area contributed by atoms with E-state index in [2.05, 4.69) is 25.0 Å². The normalized spacial score (nSPS) is 30.5. The highest BCUT2D eigenvalue weighted by molar-refractivity contribution is 5.25. The first kappa shape index (κ1) is 8.75. The summed E-state index contributed by atoms with van der Waals surface area (Å²) in [4.78, 5) is 0. The maximum Gasteiger partial charge on any atom is 0.0492 e. The van der Waals surface area contributed by atoms with Crippen molar-refractivity contribution >= 4 is 0 Å². The van der Waals surface area contributed by atoms with Gasteiger partial charge in [-0.2, -0.15) is 5.10 Å². The molecule has 0 aliphatic heterocycles. The van der Waals surface area contributed by atoms with E-state index in [1.165, 1.54) is 5.69 Å². The van der Waals surface area contributed by atoms with Crippen LogP contribution in [0.5, 0.6) is 0 Å². The topological polar surface area (TPSA) is 43.8 Å². The zero-order chi connectivity index (χ0) is 9.64. The summed E-state index contributed by atoms with van der Waals surface area (Å²) in [6.07, 6.45) is 1.86. The summed E-state index contributed by atoms with van der Waals surface area (Å²) in [6.45, 7) is 5.34. The predicted octanol–water partition coefficient (Wildman–Crippen LogP) is 1.12. The molecule has 1 fully saturated rings. The molecule has 0 aromatic carbocycles. The van der Waals surface area contributed by atoms with E-state index < -0.39 is 0 Å². The Morgan fingerprint density at radius 1 is 1.62 bits per heavy atom. The molecule has 1 aliphatic carbocycles. The summed E-state index contributed by atoms with van der Waals surface area (Å²) in [5, 5.41) is 4.19. The van der Waals surface area contributed by atoms with Gasteiger partial charge in [0.25, 0.3) is 0 Å². The first-order valence-electron chi connectivity index (χ1n) is 4.77. The number of hydrogen-bond acceptors (Lipinski definition) is 2. The zero-order valence-corrected chi connectivity index (χ0v) is 8.49. The molecule has 0 bridgehead atoms. The number of hydrogen-bond donors (Lipinski definition) is 1. The molecule has 1 aliphatic rings. The van der Waals surface area contributed by atoms with Gasteiger partial charge in [0.2, 0.25) is 0 Å². The van der Waals surface area contributed by atoms with Crippen molar-refractivity contribution < 1.29 is 0 Å². The van der Waals surface area contributed by atoms with E-state index in [0.29, 0.717) is 17.3 Å². The van der Waals surface area contributed by atoms with E-state index in [0.717, 1.165) is 6.54 Å². The molecule has 2 atom stereocenters. The third kappa shape index (κ3) is 1.10. The van der Waals surface area contributed by atoms with Crippen LogP contribution in [0, 0.1) is 11.3 Å². The summed E-state index contributed by atoms with van der Waals surface area (Å²) in [5.41, 5.74) is 7.41. The molecule has 3 heteroatoms. The fourth-order valence-electron chi connectivity index (χ4n) is 2.46. The van der Waals surface area contributed by atoms with Crippen molar-refractivity contribution in [2.24, 2.45) is 24.1 Å². The molecule has 13 heavy (non-hydrogen) atoms. The van der Waals surface area contributed by atoms with Crippen molar-refractivity contribution in [3.63, 3.8) is 0 Å². The maximum absolute atomic E-state index is 5.73. The molecule has 3 nitrogen and oxygen atoms in total. The lowest BCUT2D eigenvalue weighted by Crippen LogP contribution is -2.05. The Morgan fingerprint density at radius 3 is 2.69 bits per heavy atom. The molecule has 2 N–H and O–H groups in total. The van der Waals surface area contributed by atoms with Gasteiger partial charge in [0.1, 0.15) is 0 Å². The van der Waals surface area contributed by atoms with Gasteiger partial charge < -0.3 is 5.73 Å². The molecular weight excluding hydrogens is 162 g/mol. The molecule has 1 saturated carbocycles. The minimum absolute atomic E-state index is 0.364. The van der Waals surface area contributed by atoms with Gasteiger partial charge in [-0.25, -0.2) is 0 Å². The van der Waals surface area contributed by atoms with Gasteiger partial charge in [-0.05, 0) is 23.9 Å². The van der Waals surface area contributed by atoms with Crippen LogP contribution in [0.3, 0.4) is 0 Å². The van der Waals surface area contributed by atoms with Crippen LogP contribution in [-0.2, 0) is 7.05 Å². The molecule has 2 rings (SSSR count). The van der Waals surface area contributed by atoms with E-state index in [1.54, 1.807) is 0 Å². The molecule has 1 heterocycles. The second-order valence-electron chi connectivity index (χ2n) is 4.52. The van der Waals surface area contributed by atoms with Crippen molar-refractivity contribution in [3.05, 3.63) is 18.0 Å². The number of rotatable bonds is 2. The molecule has 0 spiro atoms. The number of aromatic nitrogens is 2. The van der Waals surface area contributed by atoms with Crippen molar-refractivity contribution in [1.82, 2.24) is 9.78 Å². The minimum Gasteiger partial charge on any atom is -0.330 e. The fourth-order valence-corrected chi connectivity index (χ4v) is 2.46. The monoisotopic (exact) mass is 179 g/mol. The lowest BCUT2D eigenvalue weighted by atomic mass is 10.1. The van der Waals surface area contributed by atoms with Crippen molar-refractivity contribution in [2.75, 3.05) is 6.54 Å². The molecule has 1 aromatic heterocycles. The second-order valence-corrected chi connectivity index (χ2v) is 4.52. The Morgan fingerprint density at radius 2 is 2.31 bits per heavy atom. The van der Waals surface area contributed by atoms with Gasteiger partial charge in [0.05, 0.1) is 0 Å². The van der Waals surface area contributed by atoms with Crippen molar-refractivity contribution in [3.8, 4) is 0 Å². The van der Waals surface area contributed by atoms with Gasteiger partial charge in [0.15, 0.2) is 0 Å². The summed E-state index contributed by atoms with van der Waals surface area (Å²) in [5.74, 6) is 1.23. The number of nitrogens with zero attached hydrogens (tertiary/aromatic N) is 2. The highest BCUT2D eigenvalue weighted by Gasteiger charge is 2.58. The second kappa shape index (κ2) is 2.58. The smallest absolute Gasteiger partial charge is 0.0492 e. The fraction of sp³-hybridized carbons (Fsp3) is 0.700. The molecule has 72 valence electrons. The molecule has 1 aromatic rings. The average molecular weight is 179 g/mol. The van der Waals surface area contributed by atoms with Crippen LogP contribution in [-0.4, -0.2) is 16.3 Å². The molecular formula is C10H17N3. The van der Waals surface area contributed by atoms with E-state index in [4.69, 9.17) is 5.73 Å². The minimum atomic E-state index is 0.364. The lowest BCUT2D eigenvalue weighted by molar-refractivity contribution is 0.553. The Balaban J connectivity index is 2.26. The van der Waals surface area contributed by atoms with Crippen LogP contribution in [0.2, 0.25) is 0 Å². The Bertz CT molecular complexity index is 314. The first-order valence-corrected chi connectivity index (χ1v) is 4.77. The van der Waals surface area contributed by atoms with Gasteiger partial charge >= 0.3 is 0 Å². The molecule has 0 unspecified atom stereocenters. The molecule has 0 saturated heterocycles. The summed E-state index contributed by atoms with van der Waals surface area (Å²) in [6, 6.07) is 2.10. The Hall–Kier alpha value is -0.830. The highest BCUT2D eigenvalue weighted by Crippen LogP contribution is 2.63. The van der Waals surface area contributed by atoms with E-state index >= 15 is 0 Å². The molecule has 0 radical (unpaired) electrons. The quantitative estimate of drug-likeness (QED) is 0.739. The van der Waals surface area contributed by atoms with Crippen LogP contribution < -0.4 is 5.73 Å². The SMILES string of the molecule is Cn1nccc1[C@H]1[C@H](CN)C1(C)C. The van der Waals surface area contributed by atoms with Crippen LogP contribution in [0.4, 0.5) is 0 Å². The third-order valence-electron chi connectivity index (χ3n) is 3.48. The Labute approximate surface area is 78.9 Å². The predicted molar refractivity (Wildman–Crippen MR) is 52.3 cm³/mol. The summed E-state index contributed by atoms with van der Waals surface area (Å²) in [7, 11) is 2.00. The first-order chi connectivity index (χ1) is 6.09. The lowest BCUT2D eigenvalue weighted by Gasteiger charge is -2.02. The maximum atomic E-state index is 5.73. The van der Waals surface area contributed by atoms with Gasteiger partial charge in [0, 0.05) is 24.9 Å². The Kier molecular flexibility index (Phi) is 1.74. The average Bonchev–Trinajstić information content (AvgIpc) is 2.41. The van der Waals surface area contributed by atoms with Gasteiger partial charge in [-0.1, -0.05) is 13.8 Å². The number of nitrogens with two attached hydrogens (primary N) is 1. The standard InChI is InChI=1S/C10H17N3/c1-10(2)7(6-11)9(10)8-4-5-12-13(8)3/h4-5,7,9H,6,11H2,1-3H3/t7-,9+/m0/s1. The van der Waals surface area contributed by atoms with Gasteiger partial charge in [-0.15, -0.1) is 0 Å². The zero-order valence-electron chi connectivity index (χ0n) is 8.49. The largest absolute Gasteiger partial charge is 0.330 e. The van der Waals surface area contributed by atoms with E-state index in [-0.39, 0.29) is 0 Å². The van der Waals surface area contributed by atoms with Crippen molar-refractivity contribution in [1.29, 1.82) is 0 Å². The number of aryl methyl sites for hydroxylation is 1. The van der Waals surface area contributed by atoms with Gasteiger partial charge in [-0.3, -0.25) is 4.68 Å². The van der Waals surface area contributed by atoms with Crippen LogP contribution >= 0.6 is 0 Å². The van der Waals surface area contributed by atoms with Crippen LogP contribution in [0.15, 0.2) is 12.3 Å². The van der Waals surface area contributed by atoms with Crippen molar-refractivity contribution in [2.45, 2.75) is 19.8 Å². The van der Waals surface area contributed by atoms with Crippen LogP contribution in [0.25, 0.3) is 0 Å². The van der Waals surface area contributed by atoms with E-state index in [1.807, 2.05) is 17.9 Å². The summed E-state index contributed by atoms with van der Waals surface area (Å²) < 4.78 is 1.96. The van der Waals surface area contributed by atoms with Crippen LogP contribution in [0.1, 0.15) is 25.5 Å². The van der Waals surface area contributed by atoms with E-state index in [9.17, 15) is 0 Å². The third-order valence-corrected chi connectivity index (χ3v) is 3.48.